The first-order valence-corrected chi connectivity index (χ1v) is 7.72. The highest BCUT2D eigenvalue weighted by Gasteiger charge is 2.11. The molecule has 24 heavy (non-hydrogen) atoms. The number of methoxy groups -OCH3 is 1. The summed E-state index contributed by atoms with van der Waals surface area (Å²) in [5.74, 6) is 0.534. The van der Waals surface area contributed by atoms with Crippen LogP contribution in [0.1, 0.15) is 22.3 Å². The number of hydrogen-bond donors (Lipinski definition) is 0. The van der Waals surface area contributed by atoms with E-state index in [1.165, 1.54) is 0 Å². The van der Waals surface area contributed by atoms with Gasteiger partial charge in [-0.25, -0.2) is 4.98 Å². The molecule has 0 saturated heterocycles. The van der Waals surface area contributed by atoms with Gasteiger partial charge in [0, 0.05) is 30.6 Å². The van der Waals surface area contributed by atoms with Crippen LogP contribution in [0.2, 0.25) is 0 Å². The van der Waals surface area contributed by atoms with Gasteiger partial charge in [-0.1, -0.05) is 36.4 Å². The minimum atomic E-state index is 0.296. The predicted molar refractivity (Wildman–Crippen MR) is 91.1 cm³/mol. The maximum absolute atomic E-state index is 5.92. The highest BCUT2D eigenvalue weighted by atomic mass is 16.5. The molecule has 0 fully saturated rings. The summed E-state index contributed by atoms with van der Waals surface area (Å²) in [7, 11) is 1.54. The third-order valence-corrected chi connectivity index (χ3v) is 3.53. The fourth-order valence-corrected chi connectivity index (χ4v) is 2.38. The lowest BCUT2D eigenvalue weighted by atomic mass is 10.1. The zero-order chi connectivity index (χ0) is 16.8. The Kier molecular flexibility index (Phi) is 5.01. The summed E-state index contributed by atoms with van der Waals surface area (Å²) in [6.45, 7) is 2.47. The lowest BCUT2D eigenvalue weighted by molar-refractivity contribution is 0.281. The Morgan fingerprint density at radius 1 is 1.00 bits per heavy atom. The molecule has 0 saturated carbocycles. The molecule has 5 nitrogen and oxygen atoms in total. The molecular weight excluding hydrogens is 302 g/mol. The molecule has 2 heterocycles. The summed E-state index contributed by atoms with van der Waals surface area (Å²) in [4.78, 5) is 12.8. The smallest absolute Gasteiger partial charge is 0.319 e. The molecule has 0 spiro atoms. The summed E-state index contributed by atoms with van der Waals surface area (Å²) >= 11 is 0. The molecular formula is C19H19N3O2. The minimum Gasteiger partial charge on any atom is -0.472 e. The molecule has 0 aliphatic carbocycles. The first-order chi connectivity index (χ1) is 11.7. The molecule has 0 N–H and O–H groups in total. The summed E-state index contributed by atoms with van der Waals surface area (Å²) in [6.07, 6.45) is 6.08. The Morgan fingerprint density at radius 2 is 1.83 bits per heavy atom. The second kappa shape index (κ2) is 7.55. The molecule has 5 heteroatoms. The van der Waals surface area contributed by atoms with Crippen LogP contribution in [0.3, 0.4) is 0 Å². The molecule has 3 aromatic rings. The van der Waals surface area contributed by atoms with Gasteiger partial charge in [0.15, 0.2) is 0 Å². The van der Waals surface area contributed by atoms with Gasteiger partial charge in [-0.2, -0.15) is 4.98 Å². The van der Waals surface area contributed by atoms with Crippen molar-refractivity contribution in [3.05, 3.63) is 77.2 Å². The molecule has 3 rings (SSSR count). The van der Waals surface area contributed by atoms with Crippen LogP contribution < -0.4 is 9.47 Å². The standard InChI is InChI=1S/C19H19N3O2/c1-14-8-16(11-20-10-14)9-17-12-21-19(23-2)22-18(17)24-13-15-6-4-3-5-7-15/h3-8,10-12H,9,13H2,1-2H3. The molecule has 122 valence electrons. The van der Waals surface area contributed by atoms with Gasteiger partial charge in [-0.3, -0.25) is 4.98 Å². The Bertz CT molecular complexity index is 807. The molecule has 0 unspecified atom stereocenters. The van der Waals surface area contributed by atoms with E-state index in [1.54, 1.807) is 13.3 Å². The normalized spacial score (nSPS) is 10.4. The third kappa shape index (κ3) is 4.07. The molecule has 1 aromatic carbocycles. The van der Waals surface area contributed by atoms with Gasteiger partial charge in [-0.05, 0) is 23.6 Å². The number of rotatable bonds is 6. The molecule has 2 aromatic heterocycles. The van der Waals surface area contributed by atoms with Gasteiger partial charge in [-0.15, -0.1) is 0 Å². The van der Waals surface area contributed by atoms with Crippen molar-refractivity contribution in [2.24, 2.45) is 0 Å². The van der Waals surface area contributed by atoms with E-state index >= 15 is 0 Å². The van der Waals surface area contributed by atoms with Crippen molar-refractivity contribution < 1.29 is 9.47 Å². The van der Waals surface area contributed by atoms with E-state index in [9.17, 15) is 0 Å². The minimum absolute atomic E-state index is 0.296. The molecule has 0 aliphatic rings. The van der Waals surface area contributed by atoms with Crippen molar-refractivity contribution in [3.8, 4) is 11.9 Å². The first kappa shape index (κ1) is 15.9. The number of nitrogens with zero attached hydrogens (tertiary/aromatic N) is 3. The van der Waals surface area contributed by atoms with Gasteiger partial charge in [0.2, 0.25) is 5.88 Å². The predicted octanol–water partition coefficient (Wildman–Crippen LogP) is 3.36. The Hall–Kier alpha value is -2.95. The number of pyridine rings is 1. The molecule has 0 atom stereocenters. The maximum atomic E-state index is 5.92. The summed E-state index contributed by atoms with van der Waals surface area (Å²) in [5.41, 5.74) is 4.19. The Morgan fingerprint density at radius 3 is 2.58 bits per heavy atom. The van der Waals surface area contributed by atoms with Crippen LogP contribution in [0.5, 0.6) is 11.9 Å². The van der Waals surface area contributed by atoms with Gasteiger partial charge >= 0.3 is 6.01 Å². The number of hydrogen-bond acceptors (Lipinski definition) is 5. The Balaban J connectivity index is 1.82. The van der Waals surface area contributed by atoms with E-state index in [4.69, 9.17) is 9.47 Å². The summed E-state index contributed by atoms with van der Waals surface area (Å²) < 4.78 is 11.0. The van der Waals surface area contributed by atoms with Crippen molar-refractivity contribution >= 4 is 0 Å². The number of aryl methyl sites for hydroxylation is 1. The van der Waals surface area contributed by atoms with Crippen molar-refractivity contribution in [1.82, 2.24) is 15.0 Å². The SMILES string of the molecule is COc1ncc(Cc2cncc(C)c2)c(OCc2ccccc2)n1. The van der Waals surface area contributed by atoms with E-state index in [1.807, 2.05) is 49.6 Å². The Labute approximate surface area is 141 Å². The van der Waals surface area contributed by atoms with E-state index in [2.05, 4.69) is 21.0 Å². The van der Waals surface area contributed by atoms with E-state index < -0.39 is 0 Å². The van der Waals surface area contributed by atoms with E-state index in [-0.39, 0.29) is 0 Å². The maximum Gasteiger partial charge on any atom is 0.319 e. The number of ether oxygens (including phenoxy) is 2. The van der Waals surface area contributed by atoms with Gasteiger partial charge < -0.3 is 9.47 Å². The molecule has 0 aliphatic heterocycles. The highest BCUT2D eigenvalue weighted by molar-refractivity contribution is 5.32. The van der Waals surface area contributed by atoms with Gasteiger partial charge in [0.05, 0.1) is 7.11 Å². The average molecular weight is 321 g/mol. The second-order valence-electron chi connectivity index (χ2n) is 5.51. The average Bonchev–Trinajstić information content (AvgIpc) is 2.62. The third-order valence-electron chi connectivity index (χ3n) is 3.53. The van der Waals surface area contributed by atoms with E-state index in [0.29, 0.717) is 24.9 Å². The zero-order valence-electron chi connectivity index (χ0n) is 13.8. The van der Waals surface area contributed by atoms with Crippen LogP contribution in [0.15, 0.2) is 55.0 Å². The molecule has 0 radical (unpaired) electrons. The van der Waals surface area contributed by atoms with Crippen molar-refractivity contribution in [1.29, 1.82) is 0 Å². The summed E-state index contributed by atoms with van der Waals surface area (Å²) in [6, 6.07) is 12.4. The van der Waals surface area contributed by atoms with Crippen LogP contribution in [0.25, 0.3) is 0 Å². The first-order valence-electron chi connectivity index (χ1n) is 7.72. The van der Waals surface area contributed by atoms with Gasteiger partial charge in [0.1, 0.15) is 6.61 Å². The monoisotopic (exact) mass is 321 g/mol. The number of aromatic nitrogens is 3. The zero-order valence-corrected chi connectivity index (χ0v) is 13.8. The highest BCUT2D eigenvalue weighted by Crippen LogP contribution is 2.22. The van der Waals surface area contributed by atoms with Crippen molar-refractivity contribution in [3.63, 3.8) is 0 Å². The van der Waals surface area contributed by atoms with Crippen molar-refractivity contribution in [2.75, 3.05) is 7.11 Å². The lowest BCUT2D eigenvalue weighted by Crippen LogP contribution is -2.04. The van der Waals surface area contributed by atoms with Crippen LogP contribution >= 0.6 is 0 Å². The summed E-state index contributed by atoms with van der Waals surface area (Å²) in [5, 5.41) is 0. The number of benzene rings is 1. The molecule has 0 amide bonds. The van der Waals surface area contributed by atoms with E-state index in [0.717, 1.165) is 22.3 Å². The largest absolute Gasteiger partial charge is 0.472 e. The topological polar surface area (TPSA) is 57.1 Å². The van der Waals surface area contributed by atoms with Crippen LogP contribution in [-0.2, 0) is 13.0 Å². The quantitative estimate of drug-likeness (QED) is 0.697. The molecule has 0 bridgehead atoms. The van der Waals surface area contributed by atoms with Crippen LogP contribution in [0, 0.1) is 6.92 Å². The van der Waals surface area contributed by atoms with Crippen LogP contribution in [0.4, 0.5) is 0 Å². The lowest BCUT2D eigenvalue weighted by Gasteiger charge is -2.11. The van der Waals surface area contributed by atoms with Crippen molar-refractivity contribution in [2.45, 2.75) is 20.0 Å². The fraction of sp³-hybridized carbons (Fsp3) is 0.211. The van der Waals surface area contributed by atoms with Gasteiger partial charge in [0.25, 0.3) is 0 Å². The second-order valence-corrected chi connectivity index (χ2v) is 5.51. The van der Waals surface area contributed by atoms with Crippen LogP contribution in [-0.4, -0.2) is 22.1 Å². The fourth-order valence-electron chi connectivity index (χ4n) is 2.38.